The van der Waals surface area contributed by atoms with Crippen molar-refractivity contribution < 1.29 is 9.59 Å². The average molecular weight is 330 g/mol. The number of amides is 2. The summed E-state index contributed by atoms with van der Waals surface area (Å²) >= 11 is 0. The minimum absolute atomic E-state index is 0.0330. The van der Waals surface area contributed by atoms with Crippen LogP contribution in [0.2, 0.25) is 0 Å². The third kappa shape index (κ3) is 6.52. The third-order valence-corrected chi connectivity index (χ3v) is 3.99. The number of rotatable bonds is 8. The molecule has 130 valence electrons. The zero-order chi connectivity index (χ0) is 17.2. The number of nitrogens with zero attached hydrogens (tertiary/aromatic N) is 2. The smallest absolute Gasteiger partial charge is 0.234 e. The first kappa shape index (κ1) is 18.2. The number of carbonyl (C=O) groups is 2. The van der Waals surface area contributed by atoms with Gasteiger partial charge in [-0.05, 0) is 12.1 Å². The van der Waals surface area contributed by atoms with Crippen molar-refractivity contribution in [2.24, 2.45) is 0 Å². The molecule has 0 aliphatic carbocycles. The molecule has 1 saturated heterocycles. The van der Waals surface area contributed by atoms with Crippen LogP contribution in [-0.4, -0.2) is 67.4 Å². The van der Waals surface area contributed by atoms with Crippen molar-refractivity contribution in [1.82, 2.24) is 15.1 Å². The molecule has 0 radical (unpaired) electrons. The number of para-hydroxylation sites is 1. The van der Waals surface area contributed by atoms with E-state index >= 15 is 0 Å². The highest BCUT2D eigenvalue weighted by Crippen LogP contribution is 2.07. The van der Waals surface area contributed by atoms with Gasteiger partial charge in [0.05, 0.1) is 6.54 Å². The first-order valence-electron chi connectivity index (χ1n) is 8.34. The molecule has 1 heterocycles. The van der Waals surface area contributed by atoms with Gasteiger partial charge in [0.15, 0.2) is 0 Å². The molecule has 6 heteroatoms. The van der Waals surface area contributed by atoms with E-state index in [4.69, 9.17) is 0 Å². The van der Waals surface area contributed by atoms with E-state index in [2.05, 4.69) is 27.0 Å². The molecule has 0 spiro atoms. The standard InChI is InChI=1S/C18H26N4O2/c1-2-9-19-18(24)15-22-13-11-21(12-14-22)10-8-17(23)20-16-6-4-3-5-7-16/h2-7H,1,8-15H2,(H,19,24)(H,20,23). The summed E-state index contributed by atoms with van der Waals surface area (Å²) in [6, 6.07) is 9.50. The second-order valence-electron chi connectivity index (χ2n) is 5.87. The van der Waals surface area contributed by atoms with Gasteiger partial charge >= 0.3 is 0 Å². The monoisotopic (exact) mass is 330 g/mol. The van der Waals surface area contributed by atoms with E-state index < -0.39 is 0 Å². The van der Waals surface area contributed by atoms with Gasteiger partial charge in [0.25, 0.3) is 0 Å². The minimum atomic E-state index is 0.0330. The second kappa shape index (κ2) is 9.85. The molecule has 24 heavy (non-hydrogen) atoms. The molecular formula is C18H26N4O2. The van der Waals surface area contributed by atoms with Crippen LogP contribution < -0.4 is 10.6 Å². The van der Waals surface area contributed by atoms with Gasteiger partial charge in [0.1, 0.15) is 0 Å². The van der Waals surface area contributed by atoms with Crippen molar-refractivity contribution in [2.45, 2.75) is 6.42 Å². The molecule has 6 nitrogen and oxygen atoms in total. The molecule has 1 aromatic carbocycles. The van der Waals surface area contributed by atoms with E-state index in [9.17, 15) is 9.59 Å². The summed E-state index contributed by atoms with van der Waals surface area (Å²) in [6.07, 6.45) is 2.16. The summed E-state index contributed by atoms with van der Waals surface area (Å²) in [5, 5.41) is 5.69. The van der Waals surface area contributed by atoms with Crippen LogP contribution in [-0.2, 0) is 9.59 Å². The normalized spacial score (nSPS) is 15.7. The highest BCUT2D eigenvalue weighted by Gasteiger charge is 2.19. The third-order valence-electron chi connectivity index (χ3n) is 3.99. The maximum absolute atomic E-state index is 12.0. The molecule has 0 unspecified atom stereocenters. The van der Waals surface area contributed by atoms with Gasteiger partial charge in [0.2, 0.25) is 11.8 Å². The van der Waals surface area contributed by atoms with E-state index in [1.165, 1.54) is 0 Å². The largest absolute Gasteiger partial charge is 0.352 e. The van der Waals surface area contributed by atoms with Crippen molar-refractivity contribution in [3.8, 4) is 0 Å². The zero-order valence-corrected chi connectivity index (χ0v) is 14.0. The Kier molecular flexibility index (Phi) is 7.45. The molecule has 2 rings (SSSR count). The maximum Gasteiger partial charge on any atom is 0.234 e. The van der Waals surface area contributed by atoms with Crippen LogP contribution in [0.3, 0.4) is 0 Å². The highest BCUT2D eigenvalue weighted by molar-refractivity contribution is 5.90. The van der Waals surface area contributed by atoms with Gasteiger partial charge in [0, 0.05) is 51.4 Å². The topological polar surface area (TPSA) is 64.7 Å². The summed E-state index contributed by atoms with van der Waals surface area (Å²) in [7, 11) is 0. The van der Waals surface area contributed by atoms with Crippen LogP contribution in [0.5, 0.6) is 0 Å². The lowest BCUT2D eigenvalue weighted by Gasteiger charge is -2.34. The maximum atomic E-state index is 12.0. The van der Waals surface area contributed by atoms with Gasteiger partial charge in [-0.2, -0.15) is 0 Å². The Hall–Kier alpha value is -2.18. The fraction of sp³-hybridized carbons (Fsp3) is 0.444. The molecule has 2 N–H and O–H groups in total. The SMILES string of the molecule is C=CCNC(=O)CN1CCN(CCC(=O)Nc2ccccc2)CC1. The van der Waals surface area contributed by atoms with Crippen LogP contribution in [0.1, 0.15) is 6.42 Å². The molecule has 1 fully saturated rings. The number of benzene rings is 1. The number of carbonyl (C=O) groups excluding carboxylic acids is 2. The number of piperazine rings is 1. The quantitative estimate of drug-likeness (QED) is 0.696. The second-order valence-corrected chi connectivity index (χ2v) is 5.87. The lowest BCUT2D eigenvalue weighted by Crippen LogP contribution is -2.49. The van der Waals surface area contributed by atoms with Crippen molar-refractivity contribution in [3.05, 3.63) is 43.0 Å². The molecule has 1 aliphatic rings. The zero-order valence-electron chi connectivity index (χ0n) is 14.0. The summed E-state index contributed by atoms with van der Waals surface area (Å²) in [6.45, 7) is 8.73. The van der Waals surface area contributed by atoms with E-state index in [1.807, 2.05) is 30.3 Å². The highest BCUT2D eigenvalue weighted by atomic mass is 16.2. The van der Waals surface area contributed by atoms with E-state index in [0.717, 1.165) is 38.4 Å². The molecular weight excluding hydrogens is 304 g/mol. The summed E-state index contributed by atoms with van der Waals surface area (Å²) in [4.78, 5) is 28.0. The predicted molar refractivity (Wildman–Crippen MR) is 95.8 cm³/mol. The molecule has 0 atom stereocenters. The van der Waals surface area contributed by atoms with Gasteiger partial charge < -0.3 is 15.5 Å². The lowest BCUT2D eigenvalue weighted by atomic mass is 10.2. The Balaban J connectivity index is 1.61. The van der Waals surface area contributed by atoms with Gasteiger partial charge in [-0.1, -0.05) is 24.3 Å². The van der Waals surface area contributed by atoms with E-state index in [1.54, 1.807) is 6.08 Å². The van der Waals surface area contributed by atoms with Crippen molar-refractivity contribution in [1.29, 1.82) is 0 Å². The summed E-state index contributed by atoms with van der Waals surface area (Å²) in [5.41, 5.74) is 0.831. The van der Waals surface area contributed by atoms with E-state index in [0.29, 0.717) is 19.5 Å². The Bertz CT molecular complexity index is 539. The Labute approximate surface area is 143 Å². The summed E-state index contributed by atoms with van der Waals surface area (Å²) in [5.74, 6) is 0.0676. The Morgan fingerprint density at radius 2 is 1.71 bits per heavy atom. The Morgan fingerprint density at radius 3 is 2.38 bits per heavy atom. The van der Waals surface area contributed by atoms with Crippen LogP contribution in [0.15, 0.2) is 43.0 Å². The number of hydrogen-bond donors (Lipinski definition) is 2. The average Bonchev–Trinajstić information content (AvgIpc) is 2.60. The van der Waals surface area contributed by atoms with Gasteiger partial charge in [-0.25, -0.2) is 0 Å². The van der Waals surface area contributed by atoms with Crippen LogP contribution in [0, 0.1) is 0 Å². The number of nitrogens with one attached hydrogen (secondary N) is 2. The number of hydrogen-bond acceptors (Lipinski definition) is 4. The fourth-order valence-electron chi connectivity index (χ4n) is 2.62. The Morgan fingerprint density at radius 1 is 1.04 bits per heavy atom. The first-order valence-corrected chi connectivity index (χ1v) is 8.34. The van der Waals surface area contributed by atoms with Gasteiger partial charge in [-0.3, -0.25) is 14.5 Å². The number of anilines is 1. The van der Waals surface area contributed by atoms with Crippen LogP contribution in [0.4, 0.5) is 5.69 Å². The lowest BCUT2D eigenvalue weighted by molar-refractivity contribution is -0.122. The molecule has 0 bridgehead atoms. The van der Waals surface area contributed by atoms with Crippen LogP contribution >= 0.6 is 0 Å². The molecule has 2 amide bonds. The van der Waals surface area contributed by atoms with Crippen LogP contribution in [0.25, 0.3) is 0 Å². The summed E-state index contributed by atoms with van der Waals surface area (Å²) < 4.78 is 0. The molecule has 0 aromatic heterocycles. The minimum Gasteiger partial charge on any atom is -0.352 e. The van der Waals surface area contributed by atoms with Crippen molar-refractivity contribution in [3.63, 3.8) is 0 Å². The fourth-order valence-corrected chi connectivity index (χ4v) is 2.62. The molecule has 1 aromatic rings. The predicted octanol–water partition coefficient (Wildman–Crippen LogP) is 0.935. The molecule has 0 saturated carbocycles. The molecule has 1 aliphatic heterocycles. The van der Waals surface area contributed by atoms with Crippen molar-refractivity contribution >= 4 is 17.5 Å². The van der Waals surface area contributed by atoms with E-state index in [-0.39, 0.29) is 11.8 Å². The van der Waals surface area contributed by atoms with Gasteiger partial charge in [-0.15, -0.1) is 6.58 Å². The van der Waals surface area contributed by atoms with Crippen molar-refractivity contribution in [2.75, 3.05) is 51.1 Å². The first-order chi connectivity index (χ1) is 11.7.